The second kappa shape index (κ2) is 7.22. The molecule has 2 nitrogen and oxygen atoms in total. The van der Waals surface area contributed by atoms with Crippen LogP contribution in [0.5, 0.6) is 0 Å². The molecule has 0 unspecified atom stereocenters. The average Bonchev–Trinajstić information content (AvgIpc) is 2.11. The van der Waals surface area contributed by atoms with Crippen LogP contribution in [-0.2, 0) is 11.3 Å². The fraction of sp³-hybridized carbons (Fsp3) is 0.444. The molecular weight excluding hydrogens is 138 g/mol. The van der Waals surface area contributed by atoms with Crippen LogP contribution in [-0.4, -0.2) is 12.1 Å². The zero-order valence-electron chi connectivity index (χ0n) is 7.37. The van der Waals surface area contributed by atoms with E-state index in [1.54, 1.807) is 19.5 Å². The molecule has 0 saturated heterocycles. The molecule has 0 aliphatic carbocycles. The fourth-order valence-corrected chi connectivity index (χ4v) is 0.650. The molecule has 62 valence electrons. The quantitative estimate of drug-likeness (QED) is 0.650. The van der Waals surface area contributed by atoms with E-state index in [0.717, 1.165) is 5.56 Å². The van der Waals surface area contributed by atoms with Gasteiger partial charge in [0.15, 0.2) is 0 Å². The molecule has 0 saturated carbocycles. The van der Waals surface area contributed by atoms with Gasteiger partial charge < -0.3 is 4.74 Å². The molecule has 1 heterocycles. The number of nitrogens with zero attached hydrogens (tertiary/aromatic N) is 1. The lowest BCUT2D eigenvalue weighted by atomic mass is 10.3. The molecule has 1 aromatic heterocycles. The van der Waals surface area contributed by atoms with Crippen LogP contribution in [0.3, 0.4) is 0 Å². The summed E-state index contributed by atoms with van der Waals surface area (Å²) in [4.78, 5) is 3.92. The van der Waals surface area contributed by atoms with Crippen LogP contribution in [0.15, 0.2) is 24.5 Å². The first-order valence-corrected chi connectivity index (χ1v) is 3.81. The maximum Gasteiger partial charge on any atom is 0.0728 e. The van der Waals surface area contributed by atoms with Crippen LogP contribution >= 0.6 is 0 Å². The molecule has 0 spiro atoms. The Morgan fingerprint density at radius 3 is 2.64 bits per heavy atom. The van der Waals surface area contributed by atoms with Crippen molar-refractivity contribution in [2.24, 2.45) is 0 Å². The van der Waals surface area contributed by atoms with Gasteiger partial charge in [-0.2, -0.15) is 0 Å². The number of rotatable bonds is 2. The summed E-state index contributed by atoms with van der Waals surface area (Å²) in [6.45, 7) is 4.65. The Kier molecular flexibility index (Phi) is 6.64. The maximum atomic E-state index is 4.89. The highest BCUT2D eigenvalue weighted by atomic mass is 16.5. The minimum absolute atomic E-state index is 0.647. The lowest BCUT2D eigenvalue weighted by Gasteiger charge is -1.94. The Labute approximate surface area is 68.2 Å². The second-order valence-corrected chi connectivity index (χ2v) is 1.79. The van der Waals surface area contributed by atoms with E-state index in [0.29, 0.717) is 6.61 Å². The van der Waals surface area contributed by atoms with E-state index in [1.165, 1.54) is 0 Å². The van der Waals surface area contributed by atoms with E-state index in [2.05, 4.69) is 4.98 Å². The minimum atomic E-state index is 0.647. The van der Waals surface area contributed by atoms with Gasteiger partial charge in [0.05, 0.1) is 6.61 Å². The van der Waals surface area contributed by atoms with Crippen LogP contribution in [0.4, 0.5) is 0 Å². The molecule has 11 heavy (non-hydrogen) atoms. The minimum Gasteiger partial charge on any atom is -0.380 e. The average molecular weight is 153 g/mol. The Morgan fingerprint density at radius 2 is 2.18 bits per heavy atom. The van der Waals surface area contributed by atoms with E-state index in [-0.39, 0.29) is 0 Å². The van der Waals surface area contributed by atoms with Crippen molar-refractivity contribution in [2.45, 2.75) is 20.5 Å². The molecule has 0 aliphatic heterocycles. The Bertz CT molecular complexity index is 162. The van der Waals surface area contributed by atoms with Gasteiger partial charge in [-0.25, -0.2) is 0 Å². The number of hydrogen-bond acceptors (Lipinski definition) is 2. The van der Waals surface area contributed by atoms with Crippen molar-refractivity contribution < 1.29 is 4.74 Å². The summed E-state index contributed by atoms with van der Waals surface area (Å²) >= 11 is 0. The Balaban J connectivity index is 0.000000461. The highest BCUT2D eigenvalue weighted by Crippen LogP contribution is 1.95. The number of hydrogen-bond donors (Lipinski definition) is 0. The smallest absolute Gasteiger partial charge is 0.0728 e. The number of ether oxygens (including phenoxy) is 1. The summed E-state index contributed by atoms with van der Waals surface area (Å²) in [6.07, 6.45) is 3.54. The summed E-state index contributed by atoms with van der Waals surface area (Å²) in [6, 6.07) is 3.88. The van der Waals surface area contributed by atoms with E-state index in [4.69, 9.17) is 4.74 Å². The van der Waals surface area contributed by atoms with Crippen molar-refractivity contribution >= 4 is 0 Å². The van der Waals surface area contributed by atoms with Crippen LogP contribution in [0.1, 0.15) is 19.4 Å². The zero-order valence-corrected chi connectivity index (χ0v) is 7.37. The Morgan fingerprint density at radius 1 is 1.45 bits per heavy atom. The predicted molar refractivity (Wildman–Crippen MR) is 46.3 cm³/mol. The van der Waals surface area contributed by atoms with Gasteiger partial charge in [-0.3, -0.25) is 4.98 Å². The van der Waals surface area contributed by atoms with E-state index >= 15 is 0 Å². The van der Waals surface area contributed by atoms with Crippen molar-refractivity contribution in [1.82, 2.24) is 4.98 Å². The van der Waals surface area contributed by atoms with Crippen LogP contribution in [0.25, 0.3) is 0 Å². The lowest BCUT2D eigenvalue weighted by Crippen LogP contribution is -1.86. The second-order valence-electron chi connectivity index (χ2n) is 1.79. The third kappa shape index (κ3) is 4.51. The SMILES string of the molecule is CC.COCc1cccnc1. The van der Waals surface area contributed by atoms with E-state index in [9.17, 15) is 0 Å². The van der Waals surface area contributed by atoms with Crippen molar-refractivity contribution in [3.8, 4) is 0 Å². The summed E-state index contributed by atoms with van der Waals surface area (Å²) in [5.74, 6) is 0. The van der Waals surface area contributed by atoms with Gasteiger partial charge in [-0.15, -0.1) is 0 Å². The monoisotopic (exact) mass is 153 g/mol. The number of methoxy groups -OCH3 is 1. The number of aromatic nitrogens is 1. The van der Waals surface area contributed by atoms with Gasteiger partial charge in [0.1, 0.15) is 0 Å². The summed E-state index contributed by atoms with van der Waals surface area (Å²) < 4.78 is 4.89. The van der Waals surface area contributed by atoms with Crippen molar-refractivity contribution in [2.75, 3.05) is 7.11 Å². The van der Waals surface area contributed by atoms with Crippen molar-refractivity contribution in [3.63, 3.8) is 0 Å². The molecule has 1 rings (SSSR count). The van der Waals surface area contributed by atoms with Gasteiger partial charge >= 0.3 is 0 Å². The van der Waals surface area contributed by atoms with Crippen LogP contribution in [0, 0.1) is 0 Å². The van der Waals surface area contributed by atoms with Crippen LogP contribution < -0.4 is 0 Å². The molecular formula is C9H15NO. The van der Waals surface area contributed by atoms with Gasteiger partial charge in [0.2, 0.25) is 0 Å². The van der Waals surface area contributed by atoms with Gasteiger partial charge in [-0.1, -0.05) is 19.9 Å². The van der Waals surface area contributed by atoms with E-state index in [1.807, 2.05) is 26.0 Å². The molecule has 0 N–H and O–H groups in total. The number of pyridine rings is 1. The van der Waals surface area contributed by atoms with Crippen molar-refractivity contribution in [3.05, 3.63) is 30.1 Å². The zero-order chi connectivity index (χ0) is 8.53. The highest BCUT2D eigenvalue weighted by molar-refractivity contribution is 5.06. The van der Waals surface area contributed by atoms with Crippen molar-refractivity contribution in [1.29, 1.82) is 0 Å². The van der Waals surface area contributed by atoms with Gasteiger partial charge in [-0.05, 0) is 11.6 Å². The molecule has 0 amide bonds. The van der Waals surface area contributed by atoms with Gasteiger partial charge in [0, 0.05) is 19.5 Å². The largest absolute Gasteiger partial charge is 0.380 e. The predicted octanol–water partition coefficient (Wildman–Crippen LogP) is 2.25. The topological polar surface area (TPSA) is 22.1 Å². The summed E-state index contributed by atoms with van der Waals surface area (Å²) in [7, 11) is 1.67. The summed E-state index contributed by atoms with van der Waals surface area (Å²) in [5.41, 5.74) is 1.11. The maximum absolute atomic E-state index is 4.89. The third-order valence-electron chi connectivity index (χ3n) is 1.03. The third-order valence-corrected chi connectivity index (χ3v) is 1.03. The highest BCUT2D eigenvalue weighted by Gasteiger charge is 1.85. The lowest BCUT2D eigenvalue weighted by molar-refractivity contribution is 0.184. The fourth-order valence-electron chi connectivity index (χ4n) is 0.650. The molecule has 1 aromatic rings. The first kappa shape index (κ1) is 10.1. The molecule has 2 heteroatoms. The molecule has 0 aliphatic rings. The van der Waals surface area contributed by atoms with E-state index < -0.39 is 0 Å². The molecule has 0 aromatic carbocycles. The molecule has 0 bridgehead atoms. The normalized spacial score (nSPS) is 8.27. The standard InChI is InChI=1S/C7H9NO.C2H6/c1-9-6-7-3-2-4-8-5-7;1-2/h2-5H,6H2,1H3;1-2H3. The van der Waals surface area contributed by atoms with Gasteiger partial charge in [0.25, 0.3) is 0 Å². The molecule has 0 fully saturated rings. The Hall–Kier alpha value is -0.890. The van der Waals surface area contributed by atoms with Crippen LogP contribution in [0.2, 0.25) is 0 Å². The molecule has 0 atom stereocenters. The first-order valence-electron chi connectivity index (χ1n) is 3.81. The molecule has 0 radical (unpaired) electrons. The first-order chi connectivity index (χ1) is 5.43. The summed E-state index contributed by atoms with van der Waals surface area (Å²) in [5, 5.41) is 0.